The van der Waals surface area contributed by atoms with Gasteiger partial charge in [0.15, 0.2) is 11.5 Å². The number of hydrogen-bond donors (Lipinski definition) is 2. The lowest BCUT2D eigenvalue weighted by Crippen LogP contribution is -2.41. The van der Waals surface area contributed by atoms with E-state index in [1.165, 1.54) is 7.11 Å². The number of amides is 2. The monoisotopic (exact) mass is 420 g/mol. The summed E-state index contributed by atoms with van der Waals surface area (Å²) in [4.78, 5) is 27.7. The molecule has 1 aliphatic heterocycles. The van der Waals surface area contributed by atoms with Crippen LogP contribution in [0.3, 0.4) is 0 Å². The standard InChI is InChI=1S/C23H24N4O4/c1-14-6-4-5-7-16(14)22(28)25-17-10-11-27(18-13-24-26-21(17)18)23(29)15-8-9-19(30-2)20(12-15)31-3/h4-9,12-13,17H,10-11H2,1-3H3,(H,24,26)(H,25,28). The molecule has 160 valence electrons. The van der Waals surface area contributed by atoms with Gasteiger partial charge in [0.25, 0.3) is 11.8 Å². The Balaban J connectivity index is 1.56. The maximum Gasteiger partial charge on any atom is 0.258 e. The Morgan fingerprint density at radius 3 is 2.65 bits per heavy atom. The molecule has 0 aliphatic carbocycles. The molecule has 0 bridgehead atoms. The molecule has 1 unspecified atom stereocenters. The van der Waals surface area contributed by atoms with E-state index in [9.17, 15) is 9.59 Å². The Kier molecular flexibility index (Phi) is 5.62. The number of carbonyl (C=O) groups is 2. The number of nitrogens with one attached hydrogen (secondary N) is 2. The molecule has 1 aromatic heterocycles. The second-order valence-corrected chi connectivity index (χ2v) is 7.33. The Bertz CT molecular complexity index is 1120. The fourth-order valence-electron chi connectivity index (χ4n) is 3.83. The van der Waals surface area contributed by atoms with Crippen molar-refractivity contribution in [3.8, 4) is 11.5 Å². The van der Waals surface area contributed by atoms with E-state index in [1.54, 1.807) is 42.5 Å². The molecular weight excluding hydrogens is 396 g/mol. The van der Waals surface area contributed by atoms with Gasteiger partial charge in [-0.1, -0.05) is 18.2 Å². The molecule has 2 aromatic carbocycles. The number of rotatable bonds is 5. The number of methoxy groups -OCH3 is 2. The van der Waals surface area contributed by atoms with Crippen molar-refractivity contribution in [2.75, 3.05) is 25.7 Å². The third-order valence-corrected chi connectivity index (χ3v) is 5.50. The summed E-state index contributed by atoms with van der Waals surface area (Å²) in [6.07, 6.45) is 2.17. The van der Waals surface area contributed by atoms with Crippen LogP contribution in [0.2, 0.25) is 0 Å². The first-order chi connectivity index (χ1) is 15.0. The number of aromatic amines is 1. The molecule has 8 heteroatoms. The molecule has 4 rings (SSSR count). The number of nitrogens with zero attached hydrogens (tertiary/aromatic N) is 2. The van der Waals surface area contributed by atoms with Crippen LogP contribution < -0.4 is 19.7 Å². The van der Waals surface area contributed by atoms with Crippen LogP contribution in [0.5, 0.6) is 11.5 Å². The van der Waals surface area contributed by atoms with Crippen molar-refractivity contribution in [1.82, 2.24) is 15.5 Å². The molecule has 0 spiro atoms. The number of benzene rings is 2. The zero-order chi connectivity index (χ0) is 22.0. The molecule has 0 saturated heterocycles. The van der Waals surface area contributed by atoms with Crippen molar-refractivity contribution in [3.05, 3.63) is 71.0 Å². The van der Waals surface area contributed by atoms with Crippen LogP contribution in [-0.4, -0.2) is 42.8 Å². The summed E-state index contributed by atoms with van der Waals surface area (Å²) in [7, 11) is 3.08. The van der Waals surface area contributed by atoms with Crippen molar-refractivity contribution in [1.29, 1.82) is 0 Å². The van der Waals surface area contributed by atoms with E-state index in [1.807, 2.05) is 25.1 Å². The second-order valence-electron chi connectivity index (χ2n) is 7.33. The van der Waals surface area contributed by atoms with Crippen LogP contribution in [0.1, 0.15) is 44.4 Å². The van der Waals surface area contributed by atoms with Crippen LogP contribution in [0.15, 0.2) is 48.7 Å². The third kappa shape index (κ3) is 3.84. The van der Waals surface area contributed by atoms with E-state index in [0.29, 0.717) is 47.0 Å². The molecule has 0 radical (unpaired) electrons. The molecule has 2 amide bonds. The van der Waals surface area contributed by atoms with Gasteiger partial charge in [0.1, 0.15) is 0 Å². The van der Waals surface area contributed by atoms with Crippen LogP contribution in [0.4, 0.5) is 5.69 Å². The van der Waals surface area contributed by atoms with Gasteiger partial charge in [-0.15, -0.1) is 0 Å². The highest BCUT2D eigenvalue weighted by Gasteiger charge is 2.32. The first-order valence-electron chi connectivity index (χ1n) is 9.97. The van der Waals surface area contributed by atoms with Gasteiger partial charge in [-0.25, -0.2) is 0 Å². The van der Waals surface area contributed by atoms with Crippen molar-refractivity contribution < 1.29 is 19.1 Å². The summed E-state index contributed by atoms with van der Waals surface area (Å²) < 4.78 is 10.6. The number of fused-ring (bicyclic) bond motifs is 1. The first kappa shape index (κ1) is 20.5. The number of ether oxygens (including phenoxy) is 2. The Labute approximate surface area is 180 Å². The maximum absolute atomic E-state index is 13.2. The first-order valence-corrected chi connectivity index (χ1v) is 9.97. The predicted octanol–water partition coefficient (Wildman–Crippen LogP) is 3.26. The summed E-state index contributed by atoms with van der Waals surface area (Å²) in [5.41, 5.74) is 3.38. The Morgan fingerprint density at radius 1 is 1.13 bits per heavy atom. The smallest absolute Gasteiger partial charge is 0.258 e. The second kappa shape index (κ2) is 8.51. The Morgan fingerprint density at radius 2 is 1.90 bits per heavy atom. The maximum atomic E-state index is 13.2. The van der Waals surface area contributed by atoms with Gasteiger partial charge in [0.2, 0.25) is 0 Å². The zero-order valence-electron chi connectivity index (χ0n) is 17.6. The number of aryl methyl sites for hydroxylation is 1. The van der Waals surface area contributed by atoms with E-state index in [0.717, 1.165) is 5.56 Å². The van der Waals surface area contributed by atoms with Crippen molar-refractivity contribution in [2.24, 2.45) is 0 Å². The Hall–Kier alpha value is -3.81. The normalized spacial score (nSPS) is 15.2. The number of anilines is 1. The lowest BCUT2D eigenvalue weighted by atomic mass is 10.0. The van der Waals surface area contributed by atoms with Crippen molar-refractivity contribution in [2.45, 2.75) is 19.4 Å². The van der Waals surface area contributed by atoms with Gasteiger partial charge in [-0.05, 0) is 43.2 Å². The molecule has 8 nitrogen and oxygen atoms in total. The highest BCUT2D eigenvalue weighted by atomic mass is 16.5. The molecule has 31 heavy (non-hydrogen) atoms. The number of hydrogen-bond acceptors (Lipinski definition) is 5. The highest BCUT2D eigenvalue weighted by molar-refractivity contribution is 6.07. The van der Waals surface area contributed by atoms with Crippen LogP contribution in [0, 0.1) is 6.92 Å². The summed E-state index contributed by atoms with van der Waals surface area (Å²) in [5, 5.41) is 10.1. The van der Waals surface area contributed by atoms with Crippen molar-refractivity contribution in [3.63, 3.8) is 0 Å². The molecule has 1 aliphatic rings. The lowest BCUT2D eigenvalue weighted by Gasteiger charge is -2.32. The van der Waals surface area contributed by atoms with Gasteiger partial charge in [-0.2, -0.15) is 5.10 Å². The number of aromatic nitrogens is 2. The molecule has 1 atom stereocenters. The van der Waals surface area contributed by atoms with Gasteiger partial charge in [0, 0.05) is 17.7 Å². The van der Waals surface area contributed by atoms with E-state index >= 15 is 0 Å². The fourth-order valence-corrected chi connectivity index (χ4v) is 3.83. The van der Waals surface area contributed by atoms with Gasteiger partial charge < -0.3 is 19.7 Å². The number of H-pyrrole nitrogens is 1. The third-order valence-electron chi connectivity index (χ3n) is 5.50. The topological polar surface area (TPSA) is 96.6 Å². The fraction of sp³-hybridized carbons (Fsp3) is 0.261. The molecule has 2 N–H and O–H groups in total. The largest absolute Gasteiger partial charge is 0.493 e. The summed E-state index contributed by atoms with van der Waals surface area (Å²) in [6.45, 7) is 2.35. The minimum absolute atomic E-state index is 0.150. The minimum atomic E-state index is -0.265. The van der Waals surface area contributed by atoms with Crippen LogP contribution >= 0.6 is 0 Å². The average molecular weight is 420 g/mol. The minimum Gasteiger partial charge on any atom is -0.493 e. The van der Waals surface area contributed by atoms with Crippen LogP contribution in [-0.2, 0) is 0 Å². The SMILES string of the molecule is COc1ccc(C(=O)N2CCC(NC(=O)c3ccccc3C)c3[nH]ncc32)cc1OC. The zero-order valence-corrected chi connectivity index (χ0v) is 17.6. The average Bonchev–Trinajstić information content (AvgIpc) is 3.29. The summed E-state index contributed by atoms with van der Waals surface area (Å²) in [5.74, 6) is 0.720. The quantitative estimate of drug-likeness (QED) is 0.661. The van der Waals surface area contributed by atoms with Gasteiger partial charge >= 0.3 is 0 Å². The van der Waals surface area contributed by atoms with Crippen LogP contribution in [0.25, 0.3) is 0 Å². The molecule has 0 fully saturated rings. The summed E-state index contributed by atoms with van der Waals surface area (Å²) in [6, 6.07) is 12.2. The molecular formula is C23H24N4O4. The lowest BCUT2D eigenvalue weighted by molar-refractivity contribution is 0.0931. The van der Waals surface area contributed by atoms with E-state index in [4.69, 9.17) is 9.47 Å². The number of carbonyl (C=O) groups excluding carboxylic acids is 2. The summed E-state index contributed by atoms with van der Waals surface area (Å²) >= 11 is 0. The van der Waals surface area contributed by atoms with E-state index in [-0.39, 0.29) is 17.9 Å². The molecule has 3 aromatic rings. The van der Waals surface area contributed by atoms with E-state index in [2.05, 4.69) is 15.5 Å². The molecule has 0 saturated carbocycles. The highest BCUT2D eigenvalue weighted by Crippen LogP contribution is 2.34. The van der Waals surface area contributed by atoms with Gasteiger partial charge in [-0.3, -0.25) is 14.7 Å². The molecule has 2 heterocycles. The van der Waals surface area contributed by atoms with E-state index < -0.39 is 0 Å². The predicted molar refractivity (Wildman–Crippen MR) is 116 cm³/mol. The van der Waals surface area contributed by atoms with Gasteiger partial charge in [0.05, 0.1) is 37.8 Å². The van der Waals surface area contributed by atoms with Crippen molar-refractivity contribution >= 4 is 17.5 Å².